The first kappa shape index (κ1) is 18.5. The monoisotopic (exact) mass is 364 g/mol. The normalized spacial score (nSPS) is 16.0. The first-order valence-electron chi connectivity index (χ1n) is 8.56. The van der Waals surface area contributed by atoms with Gasteiger partial charge in [0.2, 0.25) is 0 Å². The Labute approximate surface area is 157 Å². The molecule has 138 valence electrons. The van der Waals surface area contributed by atoms with Crippen LogP contribution in [0.4, 0.5) is 0 Å². The van der Waals surface area contributed by atoms with Crippen molar-refractivity contribution < 1.29 is 23.8 Å². The van der Waals surface area contributed by atoms with E-state index in [1.54, 1.807) is 24.3 Å². The highest BCUT2D eigenvalue weighted by Crippen LogP contribution is 2.25. The van der Waals surface area contributed by atoms with Crippen molar-refractivity contribution in [3.05, 3.63) is 77.4 Å². The zero-order chi connectivity index (χ0) is 19.3. The van der Waals surface area contributed by atoms with Gasteiger partial charge in [0, 0.05) is 13.8 Å². The zero-order valence-corrected chi connectivity index (χ0v) is 15.2. The minimum Gasteiger partial charge on any atom is -0.490 e. The molecule has 5 heteroatoms. The van der Waals surface area contributed by atoms with Gasteiger partial charge in [0.15, 0.2) is 0 Å². The predicted octanol–water partition coefficient (Wildman–Crippen LogP) is 4.00. The molecule has 27 heavy (non-hydrogen) atoms. The third-order valence-electron chi connectivity index (χ3n) is 3.74. The molecular formula is C22H20O5. The van der Waals surface area contributed by atoms with Crippen LogP contribution < -0.4 is 4.74 Å². The smallest absolute Gasteiger partial charge is 0.348 e. The van der Waals surface area contributed by atoms with Crippen LogP contribution in [-0.2, 0) is 19.1 Å². The molecular weight excluding hydrogens is 344 g/mol. The summed E-state index contributed by atoms with van der Waals surface area (Å²) in [6.07, 6.45) is 5.33. The summed E-state index contributed by atoms with van der Waals surface area (Å²) in [5.41, 5.74) is 1.59. The lowest BCUT2D eigenvalue weighted by atomic mass is 10.1. The van der Waals surface area contributed by atoms with E-state index in [9.17, 15) is 9.59 Å². The Morgan fingerprint density at radius 3 is 2.30 bits per heavy atom. The number of carbonyl (C=O) groups is 2. The summed E-state index contributed by atoms with van der Waals surface area (Å²) in [6, 6.07) is 17.0. The molecule has 0 aliphatic carbocycles. The van der Waals surface area contributed by atoms with Gasteiger partial charge in [0.25, 0.3) is 5.79 Å². The molecule has 1 fully saturated rings. The van der Waals surface area contributed by atoms with Crippen LogP contribution in [-0.4, -0.2) is 24.3 Å². The highest BCUT2D eigenvalue weighted by molar-refractivity contribution is 6.18. The van der Waals surface area contributed by atoms with Crippen molar-refractivity contribution in [3.63, 3.8) is 0 Å². The van der Waals surface area contributed by atoms with Gasteiger partial charge in [-0.25, -0.2) is 9.59 Å². The van der Waals surface area contributed by atoms with E-state index in [4.69, 9.17) is 14.2 Å². The maximum absolute atomic E-state index is 12.0. The standard InChI is InChI=1S/C22H20O5/c1-22(2)26-20(23)19(21(24)27-22)15-17-10-6-12-18(14-17)25-13-7-11-16-8-4-3-5-9-16/h3-12,14-15H,13H2,1-2H3. The van der Waals surface area contributed by atoms with Gasteiger partial charge in [0.1, 0.15) is 17.9 Å². The van der Waals surface area contributed by atoms with Crippen molar-refractivity contribution in [2.45, 2.75) is 19.6 Å². The molecule has 1 saturated heterocycles. The molecule has 0 radical (unpaired) electrons. The summed E-state index contributed by atoms with van der Waals surface area (Å²) in [7, 11) is 0. The van der Waals surface area contributed by atoms with Crippen molar-refractivity contribution in [2.75, 3.05) is 6.61 Å². The third-order valence-corrected chi connectivity index (χ3v) is 3.74. The van der Waals surface area contributed by atoms with Gasteiger partial charge in [-0.1, -0.05) is 48.5 Å². The number of esters is 2. The molecule has 0 spiro atoms. The van der Waals surface area contributed by atoms with Crippen molar-refractivity contribution >= 4 is 24.1 Å². The number of hydrogen-bond acceptors (Lipinski definition) is 5. The van der Waals surface area contributed by atoms with Gasteiger partial charge >= 0.3 is 11.9 Å². The highest BCUT2D eigenvalue weighted by Gasteiger charge is 2.38. The summed E-state index contributed by atoms with van der Waals surface area (Å²) < 4.78 is 15.9. The van der Waals surface area contributed by atoms with Crippen molar-refractivity contribution in [3.8, 4) is 5.75 Å². The van der Waals surface area contributed by atoms with E-state index in [0.29, 0.717) is 17.9 Å². The fourth-order valence-corrected chi connectivity index (χ4v) is 2.53. The fourth-order valence-electron chi connectivity index (χ4n) is 2.53. The van der Waals surface area contributed by atoms with Crippen molar-refractivity contribution in [1.82, 2.24) is 0 Å². The van der Waals surface area contributed by atoms with Crippen molar-refractivity contribution in [1.29, 1.82) is 0 Å². The Morgan fingerprint density at radius 1 is 0.926 bits per heavy atom. The van der Waals surface area contributed by atoms with Crippen LogP contribution in [0.5, 0.6) is 5.75 Å². The molecule has 0 unspecified atom stereocenters. The van der Waals surface area contributed by atoms with Gasteiger partial charge in [-0.15, -0.1) is 0 Å². The lowest BCUT2D eigenvalue weighted by molar-refractivity contribution is -0.222. The number of carbonyl (C=O) groups excluding carboxylic acids is 2. The minimum absolute atomic E-state index is 0.143. The third kappa shape index (κ3) is 5.07. The van der Waals surface area contributed by atoms with E-state index >= 15 is 0 Å². The van der Waals surface area contributed by atoms with Crippen LogP contribution in [0.2, 0.25) is 0 Å². The van der Waals surface area contributed by atoms with Crippen LogP contribution in [0.3, 0.4) is 0 Å². The second-order valence-electron chi connectivity index (χ2n) is 6.43. The van der Waals surface area contributed by atoms with E-state index in [0.717, 1.165) is 5.56 Å². The Morgan fingerprint density at radius 2 is 1.59 bits per heavy atom. The van der Waals surface area contributed by atoms with Crippen molar-refractivity contribution in [2.24, 2.45) is 0 Å². The second kappa shape index (κ2) is 7.91. The Kier molecular flexibility index (Phi) is 5.41. The van der Waals surface area contributed by atoms with Crippen LogP contribution in [0.1, 0.15) is 25.0 Å². The van der Waals surface area contributed by atoms with E-state index < -0.39 is 17.7 Å². The van der Waals surface area contributed by atoms with E-state index in [1.807, 2.05) is 42.5 Å². The maximum atomic E-state index is 12.0. The maximum Gasteiger partial charge on any atom is 0.348 e. The summed E-state index contributed by atoms with van der Waals surface area (Å²) in [4.78, 5) is 24.0. The first-order valence-corrected chi connectivity index (χ1v) is 8.56. The van der Waals surface area contributed by atoms with Gasteiger partial charge in [-0.2, -0.15) is 0 Å². The molecule has 2 aromatic carbocycles. The van der Waals surface area contributed by atoms with E-state index in [-0.39, 0.29) is 5.57 Å². The molecule has 3 rings (SSSR count). The van der Waals surface area contributed by atoms with Gasteiger partial charge in [0.05, 0.1) is 0 Å². The quantitative estimate of drug-likeness (QED) is 0.456. The summed E-state index contributed by atoms with van der Waals surface area (Å²) in [6.45, 7) is 3.42. The SMILES string of the molecule is CC1(C)OC(=O)C(=Cc2cccc(OCC=Cc3ccccc3)c2)C(=O)O1. The molecule has 1 aliphatic rings. The Hall–Kier alpha value is -3.34. The lowest BCUT2D eigenvalue weighted by Crippen LogP contribution is -2.41. The molecule has 1 heterocycles. The van der Waals surface area contributed by atoms with Crippen LogP contribution >= 0.6 is 0 Å². The average molecular weight is 364 g/mol. The van der Waals surface area contributed by atoms with Crippen LogP contribution in [0, 0.1) is 0 Å². The minimum atomic E-state index is -1.25. The summed E-state index contributed by atoms with van der Waals surface area (Å²) in [5, 5.41) is 0. The number of rotatable bonds is 5. The second-order valence-corrected chi connectivity index (χ2v) is 6.43. The molecule has 0 N–H and O–H groups in total. The number of hydrogen-bond donors (Lipinski definition) is 0. The zero-order valence-electron chi connectivity index (χ0n) is 15.2. The van der Waals surface area contributed by atoms with Gasteiger partial charge in [-0.3, -0.25) is 0 Å². The van der Waals surface area contributed by atoms with E-state index in [1.165, 1.54) is 19.9 Å². The largest absolute Gasteiger partial charge is 0.490 e. The molecule has 0 aromatic heterocycles. The number of ether oxygens (including phenoxy) is 3. The summed E-state index contributed by atoms with van der Waals surface area (Å²) in [5.74, 6) is -2.02. The van der Waals surface area contributed by atoms with E-state index in [2.05, 4.69) is 0 Å². The lowest BCUT2D eigenvalue weighted by Gasteiger charge is -2.29. The molecule has 5 nitrogen and oxygen atoms in total. The molecule has 0 saturated carbocycles. The molecule has 0 atom stereocenters. The average Bonchev–Trinajstić information content (AvgIpc) is 2.62. The molecule has 0 bridgehead atoms. The van der Waals surface area contributed by atoms with Crippen LogP contribution in [0.15, 0.2) is 66.2 Å². The Balaban J connectivity index is 1.66. The molecule has 0 amide bonds. The number of benzene rings is 2. The van der Waals surface area contributed by atoms with Gasteiger partial charge < -0.3 is 14.2 Å². The summed E-state index contributed by atoms with van der Waals surface area (Å²) >= 11 is 0. The number of cyclic esters (lactones) is 2. The predicted molar refractivity (Wildman–Crippen MR) is 102 cm³/mol. The van der Waals surface area contributed by atoms with Crippen LogP contribution in [0.25, 0.3) is 12.2 Å². The fraction of sp³-hybridized carbons (Fsp3) is 0.182. The Bertz CT molecular complexity index is 872. The first-order chi connectivity index (χ1) is 12.9. The highest BCUT2D eigenvalue weighted by atomic mass is 16.7. The molecule has 1 aliphatic heterocycles. The molecule has 2 aromatic rings. The topological polar surface area (TPSA) is 61.8 Å². The van der Waals surface area contributed by atoms with Gasteiger partial charge in [-0.05, 0) is 35.4 Å².